The van der Waals surface area contributed by atoms with Crippen LogP contribution in [0, 0.1) is 6.92 Å². The van der Waals surface area contributed by atoms with E-state index in [2.05, 4.69) is 47.6 Å². The third-order valence-electron chi connectivity index (χ3n) is 7.55. The van der Waals surface area contributed by atoms with Crippen LogP contribution in [-0.4, -0.2) is 79.7 Å². The molecular formula is C33H40N8O3. The fourth-order valence-corrected chi connectivity index (χ4v) is 5.22. The molecule has 3 N–H and O–H groups in total. The summed E-state index contributed by atoms with van der Waals surface area (Å²) in [5.41, 5.74) is 3.96. The number of fused-ring (bicyclic) bond motifs is 1. The zero-order valence-electron chi connectivity index (χ0n) is 25.2. The highest BCUT2D eigenvalue weighted by atomic mass is 16.5. The number of carboxylic acid groups (broad SMARTS) is 1. The summed E-state index contributed by atoms with van der Waals surface area (Å²) in [7, 11) is 0. The Kier molecular flexibility index (Phi) is 11.0. The Balaban J connectivity index is 1.18. The van der Waals surface area contributed by atoms with Gasteiger partial charge in [0.1, 0.15) is 24.3 Å². The van der Waals surface area contributed by atoms with Crippen molar-refractivity contribution in [3.8, 4) is 17.3 Å². The van der Waals surface area contributed by atoms with Crippen molar-refractivity contribution in [3.63, 3.8) is 0 Å². The van der Waals surface area contributed by atoms with Crippen molar-refractivity contribution >= 4 is 17.6 Å². The van der Waals surface area contributed by atoms with Gasteiger partial charge in [-0.1, -0.05) is 12.1 Å². The molecule has 1 aliphatic heterocycles. The number of hydrogen-bond acceptors (Lipinski definition) is 10. The summed E-state index contributed by atoms with van der Waals surface area (Å²) in [6.07, 6.45) is 10.5. The number of aromatic nitrogens is 5. The SMILES string of the molecule is Cc1cc(NC(CCN(CCCCc2ccc3c(n2)NCCC3)CCOc2ccccn2)C(=O)O)nc(-c2ccncc2)n1. The summed E-state index contributed by atoms with van der Waals surface area (Å²) in [5, 5.41) is 16.6. The molecule has 11 nitrogen and oxygen atoms in total. The Morgan fingerprint density at radius 2 is 1.93 bits per heavy atom. The molecule has 0 spiro atoms. The number of anilines is 2. The van der Waals surface area contributed by atoms with E-state index in [1.165, 1.54) is 5.56 Å². The van der Waals surface area contributed by atoms with Gasteiger partial charge < -0.3 is 20.5 Å². The standard InChI is InChI=1S/C33H40N8O3/c1-24-23-29(40-32(37-24)26-12-17-34-18-13-26)39-28(33(42)43)14-20-41(21-22-44-30-9-2-4-15-35-30)19-5-3-8-27-11-10-25-7-6-16-36-31(25)38-27/h2,4,9-13,15,17-18,23,28H,3,5-8,14,16,19-22H2,1H3,(H,36,38)(H,42,43)(H,37,39,40). The van der Waals surface area contributed by atoms with Crippen molar-refractivity contribution in [2.75, 3.05) is 43.4 Å². The van der Waals surface area contributed by atoms with Crippen LogP contribution in [0.4, 0.5) is 11.6 Å². The van der Waals surface area contributed by atoms with Crippen LogP contribution in [0.25, 0.3) is 11.4 Å². The zero-order valence-corrected chi connectivity index (χ0v) is 25.2. The lowest BCUT2D eigenvalue weighted by Gasteiger charge is -2.24. The number of carboxylic acids is 1. The van der Waals surface area contributed by atoms with Crippen LogP contribution in [0.5, 0.6) is 5.88 Å². The van der Waals surface area contributed by atoms with Crippen molar-refractivity contribution in [2.24, 2.45) is 0 Å². The van der Waals surface area contributed by atoms with Crippen molar-refractivity contribution in [2.45, 2.75) is 51.5 Å². The summed E-state index contributed by atoms with van der Waals surface area (Å²) in [6, 6.07) is 14.5. The lowest BCUT2D eigenvalue weighted by molar-refractivity contribution is -0.138. The quantitative estimate of drug-likeness (QED) is 0.156. The van der Waals surface area contributed by atoms with Crippen LogP contribution in [0.2, 0.25) is 0 Å². The average Bonchev–Trinajstić information content (AvgIpc) is 3.05. The van der Waals surface area contributed by atoms with Gasteiger partial charge in [0.2, 0.25) is 5.88 Å². The van der Waals surface area contributed by atoms with Crippen molar-refractivity contribution < 1.29 is 14.6 Å². The number of pyridine rings is 3. The van der Waals surface area contributed by atoms with Crippen LogP contribution in [0.3, 0.4) is 0 Å². The number of nitrogens with one attached hydrogen (secondary N) is 2. The third-order valence-corrected chi connectivity index (χ3v) is 7.55. The number of nitrogens with zero attached hydrogens (tertiary/aromatic N) is 6. The van der Waals surface area contributed by atoms with Gasteiger partial charge in [-0.15, -0.1) is 0 Å². The molecule has 0 radical (unpaired) electrons. The molecule has 0 aliphatic carbocycles. The first kappa shape index (κ1) is 30.8. The average molecular weight is 597 g/mol. The number of aliphatic carboxylic acids is 1. The smallest absolute Gasteiger partial charge is 0.326 e. The maximum absolute atomic E-state index is 12.3. The molecule has 230 valence electrons. The Hall–Kier alpha value is -4.64. The normalized spacial score (nSPS) is 13.1. The molecule has 5 heterocycles. The number of ether oxygens (including phenoxy) is 1. The minimum Gasteiger partial charge on any atom is -0.480 e. The van der Waals surface area contributed by atoms with Gasteiger partial charge in [0.25, 0.3) is 0 Å². The Labute approximate surface area is 258 Å². The second-order valence-electron chi connectivity index (χ2n) is 10.9. The molecule has 0 amide bonds. The Morgan fingerprint density at radius 1 is 1.05 bits per heavy atom. The molecule has 1 unspecified atom stereocenters. The first-order valence-corrected chi connectivity index (χ1v) is 15.3. The molecule has 0 fully saturated rings. The fourth-order valence-electron chi connectivity index (χ4n) is 5.22. The van der Waals surface area contributed by atoms with E-state index >= 15 is 0 Å². The molecule has 1 aliphatic rings. The van der Waals surface area contributed by atoms with E-state index < -0.39 is 12.0 Å². The van der Waals surface area contributed by atoms with Gasteiger partial charge in [-0.2, -0.15) is 0 Å². The second kappa shape index (κ2) is 15.7. The summed E-state index contributed by atoms with van der Waals surface area (Å²) >= 11 is 0. The topological polar surface area (TPSA) is 138 Å². The highest BCUT2D eigenvalue weighted by molar-refractivity contribution is 5.77. The van der Waals surface area contributed by atoms with Gasteiger partial charge in [0.05, 0.1) is 0 Å². The molecule has 11 heteroatoms. The van der Waals surface area contributed by atoms with Crippen molar-refractivity contribution in [1.29, 1.82) is 0 Å². The predicted octanol–water partition coefficient (Wildman–Crippen LogP) is 4.65. The van der Waals surface area contributed by atoms with Crippen LogP contribution in [0.1, 0.15) is 42.6 Å². The van der Waals surface area contributed by atoms with E-state index in [0.717, 1.165) is 68.0 Å². The first-order chi connectivity index (χ1) is 21.5. The van der Waals surface area contributed by atoms with Gasteiger partial charge >= 0.3 is 5.97 Å². The number of hydrogen-bond donors (Lipinski definition) is 3. The molecule has 1 atom stereocenters. The monoisotopic (exact) mass is 596 g/mol. The molecule has 0 aromatic carbocycles. The van der Waals surface area contributed by atoms with E-state index in [1.807, 2.05) is 37.3 Å². The van der Waals surface area contributed by atoms with Crippen LogP contribution >= 0.6 is 0 Å². The van der Waals surface area contributed by atoms with E-state index in [9.17, 15) is 9.90 Å². The van der Waals surface area contributed by atoms with Gasteiger partial charge in [0, 0.05) is 67.3 Å². The molecular weight excluding hydrogens is 556 g/mol. The Morgan fingerprint density at radius 3 is 2.75 bits per heavy atom. The maximum atomic E-state index is 12.3. The van der Waals surface area contributed by atoms with Crippen LogP contribution in [-0.2, 0) is 17.6 Å². The van der Waals surface area contributed by atoms with Crippen molar-refractivity contribution in [1.82, 2.24) is 29.8 Å². The lowest BCUT2D eigenvalue weighted by atomic mass is 10.1. The number of rotatable bonds is 16. The third kappa shape index (κ3) is 9.18. The molecule has 5 rings (SSSR count). The minimum atomic E-state index is -0.927. The highest BCUT2D eigenvalue weighted by Gasteiger charge is 2.20. The fraction of sp³-hybridized carbons (Fsp3) is 0.394. The second-order valence-corrected chi connectivity index (χ2v) is 10.9. The number of carbonyl (C=O) groups is 1. The van der Waals surface area contributed by atoms with Crippen molar-refractivity contribution in [3.05, 3.63) is 84.1 Å². The van der Waals surface area contributed by atoms with Crippen LogP contribution in [0.15, 0.2) is 67.1 Å². The van der Waals surface area contributed by atoms with Gasteiger partial charge in [-0.25, -0.2) is 24.7 Å². The maximum Gasteiger partial charge on any atom is 0.326 e. The number of unbranched alkanes of at least 4 members (excludes halogenated alkanes) is 1. The first-order valence-electron chi connectivity index (χ1n) is 15.3. The summed E-state index contributed by atoms with van der Waals surface area (Å²) in [4.78, 5) is 36.8. The van der Waals surface area contributed by atoms with E-state index in [4.69, 9.17) is 9.72 Å². The summed E-state index contributed by atoms with van der Waals surface area (Å²) in [6.45, 7) is 5.36. The van der Waals surface area contributed by atoms with E-state index in [0.29, 0.717) is 43.6 Å². The predicted molar refractivity (Wildman–Crippen MR) is 170 cm³/mol. The zero-order chi connectivity index (χ0) is 30.6. The van der Waals surface area contributed by atoms with Gasteiger partial charge in [-0.05, 0) is 81.8 Å². The summed E-state index contributed by atoms with van der Waals surface area (Å²) in [5.74, 6) is 1.68. The largest absolute Gasteiger partial charge is 0.480 e. The van der Waals surface area contributed by atoms with Gasteiger partial charge in [-0.3, -0.25) is 9.88 Å². The number of aryl methyl sites for hydroxylation is 3. The van der Waals surface area contributed by atoms with E-state index in [1.54, 1.807) is 24.7 Å². The molecule has 4 aromatic heterocycles. The van der Waals surface area contributed by atoms with Gasteiger partial charge in [0.15, 0.2) is 5.82 Å². The highest BCUT2D eigenvalue weighted by Crippen LogP contribution is 2.21. The lowest BCUT2D eigenvalue weighted by Crippen LogP contribution is -2.37. The molecule has 0 saturated heterocycles. The molecule has 4 aromatic rings. The molecule has 0 saturated carbocycles. The minimum absolute atomic E-state index is 0.393. The summed E-state index contributed by atoms with van der Waals surface area (Å²) < 4.78 is 5.86. The van der Waals surface area contributed by atoms with E-state index in [-0.39, 0.29) is 0 Å². The molecule has 44 heavy (non-hydrogen) atoms. The molecule has 0 bridgehead atoms. The Bertz CT molecular complexity index is 1490. The van der Waals surface area contributed by atoms with Crippen LogP contribution < -0.4 is 15.4 Å².